The molecule has 0 amide bonds. The van der Waals surface area contributed by atoms with Gasteiger partial charge in [-0.2, -0.15) is 0 Å². The summed E-state index contributed by atoms with van der Waals surface area (Å²) in [7, 11) is 0. The maximum Gasteiger partial charge on any atom is 0.241 e. The monoisotopic (exact) mass is 302 g/mol. The van der Waals surface area contributed by atoms with Crippen molar-refractivity contribution in [3.05, 3.63) is 0 Å². The van der Waals surface area contributed by atoms with E-state index in [1.807, 2.05) is 0 Å². The second kappa shape index (κ2) is 5.39. The van der Waals surface area contributed by atoms with E-state index in [9.17, 15) is 28.0 Å². The van der Waals surface area contributed by atoms with Crippen molar-refractivity contribution in [1.82, 2.24) is 0 Å². The zero-order valence-corrected chi connectivity index (χ0v) is 12.8. The summed E-state index contributed by atoms with van der Waals surface area (Å²) in [5.74, 6) is -5.80. The molecule has 1 aliphatic carbocycles. The Morgan fingerprint density at radius 3 is 1.76 bits per heavy atom. The summed E-state index contributed by atoms with van der Waals surface area (Å²) in [6.07, 6.45) is -3.26. The Labute approximate surface area is 122 Å². The van der Waals surface area contributed by atoms with Crippen LogP contribution in [0.3, 0.4) is 0 Å². The number of Topliss-reactive ketones (excluding diaryl/α,β-unsaturated/α-hetero) is 4. The van der Waals surface area contributed by atoms with Crippen molar-refractivity contribution in [3.63, 3.8) is 0 Å². The van der Waals surface area contributed by atoms with Gasteiger partial charge >= 0.3 is 0 Å². The van der Waals surface area contributed by atoms with Gasteiger partial charge in [-0.15, -0.1) is 0 Å². The highest BCUT2D eigenvalue weighted by Crippen LogP contribution is 2.41. The van der Waals surface area contributed by atoms with E-state index in [0.717, 1.165) is 0 Å². The molecule has 0 aromatic heterocycles. The summed E-state index contributed by atoms with van der Waals surface area (Å²) in [6.45, 7) is 6.64. The van der Waals surface area contributed by atoms with E-state index in [1.54, 1.807) is 0 Å². The molecule has 0 heterocycles. The Morgan fingerprint density at radius 1 is 1.05 bits per heavy atom. The highest BCUT2D eigenvalue weighted by atomic mass is 19.3. The van der Waals surface area contributed by atoms with Gasteiger partial charge in [-0.1, -0.05) is 6.92 Å². The van der Waals surface area contributed by atoms with Crippen molar-refractivity contribution in [2.45, 2.75) is 47.5 Å². The fraction of sp³-hybridized carbons (Fsp3) is 0.733. The van der Waals surface area contributed by atoms with E-state index >= 15 is 0 Å². The number of rotatable bonds is 4. The second-order valence-electron chi connectivity index (χ2n) is 6.72. The van der Waals surface area contributed by atoms with E-state index in [0.29, 0.717) is 0 Å². The zero-order valence-electron chi connectivity index (χ0n) is 12.8. The molecule has 1 aliphatic rings. The SMILES string of the molecule is CC(CC(=O)C1C(=O)C(C)(C)C(=O)C(C)(C)C1=O)C(F)F. The van der Waals surface area contributed by atoms with Crippen LogP contribution in [-0.4, -0.2) is 29.6 Å². The molecule has 0 saturated heterocycles. The third-order valence-electron chi connectivity index (χ3n) is 4.17. The summed E-state index contributed by atoms with van der Waals surface area (Å²) in [5.41, 5.74) is -2.93. The highest BCUT2D eigenvalue weighted by Gasteiger charge is 2.59. The lowest BCUT2D eigenvalue weighted by Crippen LogP contribution is -2.59. The fourth-order valence-electron chi connectivity index (χ4n) is 2.66. The van der Waals surface area contributed by atoms with Gasteiger partial charge in [-0.25, -0.2) is 8.78 Å². The predicted octanol–water partition coefficient (Wildman–Crippen LogP) is 2.24. The topological polar surface area (TPSA) is 68.3 Å². The van der Waals surface area contributed by atoms with Crippen molar-refractivity contribution in [2.75, 3.05) is 0 Å². The minimum absolute atomic E-state index is 0.545. The molecule has 6 heteroatoms. The molecule has 0 aromatic carbocycles. The molecule has 1 rings (SSSR count). The van der Waals surface area contributed by atoms with E-state index < -0.39 is 58.6 Å². The van der Waals surface area contributed by atoms with Crippen molar-refractivity contribution in [3.8, 4) is 0 Å². The Hall–Kier alpha value is -1.46. The number of halogens is 2. The number of carbonyl (C=O) groups excluding carboxylic acids is 4. The second-order valence-corrected chi connectivity index (χ2v) is 6.72. The summed E-state index contributed by atoms with van der Waals surface area (Å²) < 4.78 is 25.1. The van der Waals surface area contributed by atoms with Crippen LogP contribution in [0.15, 0.2) is 0 Å². The number of alkyl halides is 2. The molecular formula is C15H20F2O4. The van der Waals surface area contributed by atoms with Crippen LogP contribution in [0.1, 0.15) is 41.0 Å². The van der Waals surface area contributed by atoms with Crippen LogP contribution in [0.5, 0.6) is 0 Å². The van der Waals surface area contributed by atoms with Crippen LogP contribution in [0.2, 0.25) is 0 Å². The molecule has 0 spiro atoms. The van der Waals surface area contributed by atoms with E-state index in [2.05, 4.69) is 0 Å². The molecule has 0 radical (unpaired) electrons. The van der Waals surface area contributed by atoms with Crippen LogP contribution in [0.25, 0.3) is 0 Å². The number of hydrogen-bond acceptors (Lipinski definition) is 4. The first kappa shape index (κ1) is 17.6. The van der Waals surface area contributed by atoms with E-state index in [-0.39, 0.29) is 0 Å². The van der Waals surface area contributed by atoms with E-state index in [1.165, 1.54) is 34.6 Å². The maximum atomic E-state index is 12.5. The molecule has 0 N–H and O–H groups in total. The Bertz CT molecular complexity index is 476. The fourth-order valence-corrected chi connectivity index (χ4v) is 2.66. The van der Waals surface area contributed by atoms with Gasteiger partial charge in [0.05, 0.1) is 10.8 Å². The summed E-state index contributed by atoms with van der Waals surface area (Å²) in [4.78, 5) is 48.9. The van der Waals surface area contributed by atoms with Gasteiger partial charge in [0.1, 0.15) is 5.92 Å². The highest BCUT2D eigenvalue weighted by molar-refractivity contribution is 6.35. The van der Waals surface area contributed by atoms with Crippen LogP contribution in [-0.2, 0) is 19.2 Å². The Balaban J connectivity index is 3.17. The quantitative estimate of drug-likeness (QED) is 0.747. The third kappa shape index (κ3) is 2.80. The standard InChI is InChI=1S/C15H20F2O4/c1-7(12(16)17)6-8(18)9-10(19)14(2,3)13(21)15(4,5)11(9)20/h7,9,12H,6H2,1-5H3. The minimum Gasteiger partial charge on any atom is -0.298 e. The molecule has 0 aromatic rings. The molecule has 1 saturated carbocycles. The van der Waals surface area contributed by atoms with Gasteiger partial charge in [0.25, 0.3) is 0 Å². The van der Waals surface area contributed by atoms with Crippen molar-refractivity contribution in [1.29, 1.82) is 0 Å². The zero-order chi connectivity index (χ0) is 16.7. The molecule has 4 nitrogen and oxygen atoms in total. The summed E-state index contributed by atoms with van der Waals surface area (Å²) >= 11 is 0. The lowest BCUT2D eigenvalue weighted by Gasteiger charge is -2.40. The van der Waals surface area contributed by atoms with Gasteiger partial charge in [0, 0.05) is 12.3 Å². The number of carbonyl (C=O) groups is 4. The largest absolute Gasteiger partial charge is 0.298 e. The van der Waals surface area contributed by atoms with E-state index in [4.69, 9.17) is 0 Å². The first-order valence-corrected chi connectivity index (χ1v) is 6.79. The normalized spacial score (nSPS) is 23.5. The first-order chi connectivity index (χ1) is 9.35. The van der Waals surface area contributed by atoms with Crippen LogP contribution in [0.4, 0.5) is 8.78 Å². The smallest absolute Gasteiger partial charge is 0.241 e. The number of hydrogen-bond donors (Lipinski definition) is 0. The third-order valence-corrected chi connectivity index (χ3v) is 4.17. The van der Waals surface area contributed by atoms with Crippen LogP contribution < -0.4 is 0 Å². The predicted molar refractivity (Wildman–Crippen MR) is 70.9 cm³/mol. The van der Waals surface area contributed by atoms with Gasteiger partial charge in [0.2, 0.25) is 6.43 Å². The molecular weight excluding hydrogens is 282 g/mol. The summed E-state index contributed by atoms with van der Waals surface area (Å²) in [6, 6.07) is 0. The molecule has 1 unspecified atom stereocenters. The van der Waals surface area contributed by atoms with Gasteiger partial charge < -0.3 is 0 Å². The van der Waals surface area contributed by atoms with Gasteiger partial charge in [-0.05, 0) is 27.7 Å². The molecule has 1 atom stereocenters. The Kier molecular flexibility index (Phi) is 4.51. The van der Waals surface area contributed by atoms with Gasteiger partial charge in [0.15, 0.2) is 23.1 Å². The molecule has 0 bridgehead atoms. The Morgan fingerprint density at radius 2 is 1.43 bits per heavy atom. The maximum absolute atomic E-state index is 12.5. The minimum atomic E-state index is -2.70. The molecule has 1 fully saturated rings. The molecule has 118 valence electrons. The van der Waals surface area contributed by atoms with Crippen molar-refractivity contribution < 1.29 is 28.0 Å². The van der Waals surface area contributed by atoms with Crippen molar-refractivity contribution in [2.24, 2.45) is 22.7 Å². The van der Waals surface area contributed by atoms with Gasteiger partial charge in [-0.3, -0.25) is 19.2 Å². The summed E-state index contributed by atoms with van der Waals surface area (Å²) in [5, 5.41) is 0. The molecule has 0 aliphatic heterocycles. The number of ketones is 4. The van der Waals surface area contributed by atoms with Crippen LogP contribution in [0, 0.1) is 22.7 Å². The lowest BCUT2D eigenvalue weighted by atomic mass is 9.57. The lowest BCUT2D eigenvalue weighted by molar-refractivity contribution is -0.162. The van der Waals surface area contributed by atoms with Crippen molar-refractivity contribution >= 4 is 23.1 Å². The molecule has 21 heavy (non-hydrogen) atoms. The average Bonchev–Trinajstić information content (AvgIpc) is 2.35. The first-order valence-electron chi connectivity index (χ1n) is 6.79. The average molecular weight is 302 g/mol. The van der Waals surface area contributed by atoms with Crippen LogP contribution >= 0.6 is 0 Å².